The van der Waals surface area contributed by atoms with Crippen LogP contribution >= 0.6 is 0 Å². The molecule has 6 heterocycles. The van der Waals surface area contributed by atoms with E-state index in [0.717, 1.165) is 82.4 Å². The van der Waals surface area contributed by atoms with Gasteiger partial charge < -0.3 is 184 Å². The Morgan fingerprint density at radius 1 is 0.462 bits per heavy atom. The molecule has 55 heteroatoms. The molecule has 28 N–H and O–H groups in total. The van der Waals surface area contributed by atoms with Crippen LogP contribution in [-0.4, -0.2) is 389 Å². The summed E-state index contributed by atoms with van der Waals surface area (Å²) < 4.78 is 56.0. The number of carboxylic acids is 5. The first-order valence-corrected chi connectivity index (χ1v) is 41.9. The highest BCUT2D eigenvalue weighted by Crippen LogP contribution is 2.37. The lowest BCUT2D eigenvalue weighted by molar-refractivity contribution is -0.361. The van der Waals surface area contributed by atoms with Gasteiger partial charge in [0, 0.05) is 40.5 Å². The molecular formula is C77H121N15O40. The van der Waals surface area contributed by atoms with E-state index in [0.29, 0.717) is 0 Å². The van der Waals surface area contributed by atoms with Crippen molar-refractivity contribution in [3.05, 3.63) is 12.0 Å². The molecule has 132 heavy (non-hydrogen) atoms. The SMILES string of the molecule is CC(=O)NC1=COC(CO)C2OC3OC(CO)C(OC4OC(CO)C(OC5OC(CO)C(O)C(O)C5NC(C)=O)C(OC(C)C(=O)NC(C)C(=O)NC(CCC(=O)O)C(=O)NC(CCCC(N)C(=O)O)C(=O)NC(C)C(=O)NC(C(=O)O)CCCC(C(=O)NC(C)C(=O)NC(C)C(=O)O)NC(=O)C(CCC(=O)O)NC(=O)C(C)NC(=O)C(C)OC12)C4NC(C)=O)C(O)C3NC(C)=O. The zero-order valence-corrected chi connectivity index (χ0v) is 73.7. The van der Waals surface area contributed by atoms with Crippen LogP contribution in [0.3, 0.4) is 0 Å². The maximum atomic E-state index is 14.7. The second kappa shape index (κ2) is 52.3. The molecule has 31 unspecified atom stereocenters. The van der Waals surface area contributed by atoms with Crippen LogP contribution in [0, 0.1) is 0 Å². The van der Waals surface area contributed by atoms with Crippen LogP contribution in [0.2, 0.25) is 0 Å². The zero-order chi connectivity index (χ0) is 99.3. The number of carbonyl (C=O) groups excluding carboxylic acids is 14. The van der Waals surface area contributed by atoms with Crippen LogP contribution in [0.25, 0.3) is 0 Å². The topological polar surface area (TPSA) is 845 Å². The minimum Gasteiger partial charge on any atom is -0.491 e. The molecule has 55 nitrogen and oxygen atoms in total. The number of nitrogens with two attached hydrogens (primary N) is 1. The van der Waals surface area contributed by atoms with Crippen LogP contribution in [0.15, 0.2) is 12.0 Å². The van der Waals surface area contributed by atoms with Crippen molar-refractivity contribution in [2.75, 3.05) is 26.4 Å². The molecule has 0 spiro atoms. The minimum atomic E-state index is -2.27. The Balaban J connectivity index is 1.71. The fourth-order valence-corrected chi connectivity index (χ4v) is 14.1. The molecule has 0 radical (unpaired) electrons. The molecule has 14 amide bonds. The molecule has 6 rings (SSSR count). The van der Waals surface area contributed by atoms with E-state index in [1.54, 1.807) is 0 Å². The standard InChI is InChI=1S/C77H121N15O40/c1-27(62(108)83-31(5)72(118)119)81-69(115)40-16-13-17-43(74(122)123)92-65(111)30(4)82-68(114)39(15-12-14-38(78)73(120)121)90-70(116)41(18-20-49(101)102)88-64(110)29(3)80-67(113)33(7)126-61-53(87-37(11)100)77(129-48(25-96)60(61)132-75-51(85-35(9)98)55(106)54(105)45(22-93)127-75)130-58-47(24-95)128-76(52(56(58)107)86-36(10)99)131-59-46(23-94)124-26-44(84-34(8)97)57(59)125-32(6)66(112)79-28(2)63(109)89-42(71(117)91-40)19-21-50(103)104/h26-33,38-43,45-48,51-61,75-77,93-96,105-107H,12-25,78H2,1-11H3,(H,79,112)(H,80,113)(H,81,115)(H,82,114)(H,83,108)(H,84,97)(H,85,98)(H,86,99)(H,87,100)(H,88,110)(H,89,109)(H,90,116)(H,91,117)(H,92,111)(H,101,102)(H,103,104)(H,118,119)(H,120,121)(H,122,123). The molecule has 0 aromatic rings. The first kappa shape index (κ1) is 111. The maximum Gasteiger partial charge on any atom is 0.326 e. The summed E-state index contributed by atoms with van der Waals surface area (Å²) in [5, 5.41) is 160. The number of ether oxygens (including phenoxy) is 9. The van der Waals surface area contributed by atoms with Crippen molar-refractivity contribution in [3.63, 3.8) is 0 Å². The summed E-state index contributed by atoms with van der Waals surface area (Å²) in [7, 11) is 0. The molecule has 6 aliphatic heterocycles. The smallest absolute Gasteiger partial charge is 0.326 e. The second-order valence-electron chi connectivity index (χ2n) is 32.0. The largest absolute Gasteiger partial charge is 0.491 e. The highest BCUT2D eigenvalue weighted by molar-refractivity contribution is 5.98. The van der Waals surface area contributed by atoms with Crippen LogP contribution in [0.4, 0.5) is 0 Å². The highest BCUT2D eigenvalue weighted by Gasteiger charge is 2.58. The molecule has 6 aliphatic rings. The van der Waals surface area contributed by atoms with Gasteiger partial charge in [0.25, 0.3) is 0 Å². The lowest BCUT2D eigenvalue weighted by Crippen LogP contribution is -2.72. The Bertz CT molecular complexity index is 4110. The number of amides is 14. The first-order valence-electron chi connectivity index (χ1n) is 41.9. The quantitative estimate of drug-likeness (QED) is 0.0340. The van der Waals surface area contributed by atoms with Gasteiger partial charge in [0.2, 0.25) is 82.7 Å². The third-order valence-corrected chi connectivity index (χ3v) is 21.3. The molecule has 0 aromatic heterocycles. The molecule has 4 bridgehead atoms. The average molecular weight is 1900 g/mol. The normalized spacial score (nSPS) is 33.4. The van der Waals surface area contributed by atoms with Crippen LogP contribution in [-0.2, 0) is 134 Å². The number of fused-ring (bicyclic) bond motifs is 32. The Kier molecular flexibility index (Phi) is 44.1. The number of aliphatic hydroxyl groups is 7. The highest BCUT2D eigenvalue weighted by atomic mass is 16.8. The lowest BCUT2D eigenvalue weighted by atomic mass is 9.93. The van der Waals surface area contributed by atoms with E-state index in [9.17, 15) is 152 Å². The van der Waals surface area contributed by atoms with Gasteiger partial charge in [-0.1, -0.05) is 0 Å². The van der Waals surface area contributed by atoms with Gasteiger partial charge in [-0.2, -0.15) is 0 Å². The van der Waals surface area contributed by atoms with Crippen molar-refractivity contribution < 1.29 is 195 Å². The Labute approximate surface area is 752 Å². The number of hydrogen-bond donors (Lipinski definition) is 27. The monoisotopic (exact) mass is 1900 g/mol. The average Bonchev–Trinajstić information content (AvgIpc) is 0.759. The number of rotatable bonds is 27. The van der Waals surface area contributed by atoms with Crippen molar-refractivity contribution in [1.29, 1.82) is 0 Å². The van der Waals surface area contributed by atoms with Crippen molar-refractivity contribution in [2.24, 2.45) is 5.73 Å². The van der Waals surface area contributed by atoms with E-state index >= 15 is 0 Å². The fourth-order valence-electron chi connectivity index (χ4n) is 14.1. The Morgan fingerprint density at radius 2 is 0.917 bits per heavy atom. The molecule has 0 aliphatic carbocycles. The number of carbonyl (C=O) groups is 19. The maximum absolute atomic E-state index is 14.7. The molecule has 0 aromatic carbocycles. The predicted octanol–water partition coefficient (Wildman–Crippen LogP) is -12.6. The van der Waals surface area contributed by atoms with E-state index in [2.05, 4.69) is 74.4 Å². The fraction of sp³-hybridized carbons (Fsp3) is 0.727. The van der Waals surface area contributed by atoms with Crippen LogP contribution < -0.4 is 80.2 Å². The number of carboxylic acid groups (broad SMARTS) is 5. The summed E-state index contributed by atoms with van der Waals surface area (Å²) in [5.41, 5.74) is 5.36. The van der Waals surface area contributed by atoms with Gasteiger partial charge in [0.15, 0.2) is 18.9 Å². The minimum absolute atomic E-state index is 0.303. The van der Waals surface area contributed by atoms with E-state index in [1.807, 2.05) is 0 Å². The molecular weight excluding hydrogens is 1770 g/mol. The molecule has 0 saturated carbocycles. The van der Waals surface area contributed by atoms with Crippen LogP contribution in [0.5, 0.6) is 0 Å². The number of nitrogens with one attached hydrogen (secondary N) is 14. The Hall–Kier alpha value is -11.2. The molecule has 5 saturated heterocycles. The summed E-state index contributed by atoms with van der Waals surface area (Å²) in [6.45, 7) is 6.78. The van der Waals surface area contributed by atoms with Crippen molar-refractivity contribution in [1.82, 2.24) is 74.4 Å². The summed E-state index contributed by atoms with van der Waals surface area (Å²) in [6.07, 6.45) is -39.1. The predicted molar refractivity (Wildman–Crippen MR) is 435 cm³/mol. The third-order valence-electron chi connectivity index (χ3n) is 21.3. The van der Waals surface area contributed by atoms with E-state index in [1.165, 1.54) is 0 Å². The third kappa shape index (κ3) is 32.9. The molecule has 744 valence electrons. The molecule has 31 atom stereocenters. The van der Waals surface area contributed by atoms with Crippen molar-refractivity contribution in [3.8, 4) is 0 Å². The summed E-state index contributed by atoms with van der Waals surface area (Å²) in [6, 6.07) is -25.5. The van der Waals surface area contributed by atoms with Gasteiger partial charge >= 0.3 is 29.8 Å². The van der Waals surface area contributed by atoms with Crippen LogP contribution in [0.1, 0.15) is 140 Å². The first-order chi connectivity index (χ1) is 61.9. The van der Waals surface area contributed by atoms with Gasteiger partial charge in [0.1, 0.15) is 176 Å². The lowest BCUT2D eigenvalue weighted by Gasteiger charge is -2.51. The molecule has 5 fully saturated rings. The van der Waals surface area contributed by atoms with Gasteiger partial charge in [-0.3, -0.25) is 86.3 Å². The number of aliphatic hydroxyl groups excluding tert-OH is 7. The van der Waals surface area contributed by atoms with Gasteiger partial charge in [-0.05, 0) is 99.8 Å². The van der Waals surface area contributed by atoms with Gasteiger partial charge in [0.05, 0.1) is 32.1 Å². The Morgan fingerprint density at radius 3 is 1.42 bits per heavy atom. The number of aliphatic carboxylic acids is 5. The summed E-state index contributed by atoms with van der Waals surface area (Å²) in [4.78, 5) is 255. The van der Waals surface area contributed by atoms with E-state index in [4.69, 9.17) is 48.4 Å². The van der Waals surface area contributed by atoms with E-state index < -0.39 is 379 Å². The van der Waals surface area contributed by atoms with Gasteiger partial charge in [-0.25, -0.2) is 4.79 Å². The van der Waals surface area contributed by atoms with Gasteiger partial charge in [-0.15, -0.1) is 0 Å². The van der Waals surface area contributed by atoms with Crippen molar-refractivity contribution >= 4 is 113 Å². The second-order valence-corrected chi connectivity index (χ2v) is 32.0. The van der Waals surface area contributed by atoms with Crippen molar-refractivity contribution in [2.45, 2.75) is 329 Å². The summed E-state index contributed by atoms with van der Waals surface area (Å²) in [5.74, 6) is -24.1. The summed E-state index contributed by atoms with van der Waals surface area (Å²) >= 11 is 0. The van der Waals surface area contributed by atoms with E-state index in [-0.39, 0.29) is 18.5 Å². The zero-order valence-electron chi connectivity index (χ0n) is 73.7. The number of hydrogen-bond acceptors (Lipinski definition) is 36.